The van der Waals surface area contributed by atoms with Crippen LogP contribution in [0, 0.1) is 0 Å². The second-order valence-corrected chi connectivity index (χ2v) is 4.04. The molecule has 1 heterocycles. The maximum absolute atomic E-state index is 11.5. The lowest BCUT2D eigenvalue weighted by molar-refractivity contribution is 0.0995. The predicted octanol–water partition coefficient (Wildman–Crippen LogP) is 2.25. The first kappa shape index (κ1) is 12.9. The third-order valence-corrected chi connectivity index (χ3v) is 2.56. The standard InChI is InChI=1S/C12H20N2O2/c1-5-6-12-13-7-11(10(3)15)14(12)9(2)8-16-4/h7,9H,5-6,8H2,1-4H3. The van der Waals surface area contributed by atoms with Crippen LogP contribution in [0.3, 0.4) is 0 Å². The molecule has 0 aliphatic heterocycles. The van der Waals surface area contributed by atoms with Crippen molar-refractivity contribution in [3.63, 3.8) is 0 Å². The van der Waals surface area contributed by atoms with Crippen LogP contribution in [-0.2, 0) is 11.2 Å². The van der Waals surface area contributed by atoms with E-state index < -0.39 is 0 Å². The average Bonchev–Trinajstić information content (AvgIpc) is 2.62. The summed E-state index contributed by atoms with van der Waals surface area (Å²) in [5.41, 5.74) is 0.674. The van der Waals surface area contributed by atoms with Crippen molar-refractivity contribution in [2.24, 2.45) is 0 Å². The largest absolute Gasteiger partial charge is 0.383 e. The summed E-state index contributed by atoms with van der Waals surface area (Å²) in [6, 6.07) is 0.146. The van der Waals surface area contributed by atoms with Gasteiger partial charge in [0, 0.05) is 20.5 Å². The van der Waals surface area contributed by atoms with Crippen LogP contribution in [0.2, 0.25) is 0 Å². The minimum atomic E-state index is 0.0535. The Labute approximate surface area is 96.6 Å². The van der Waals surface area contributed by atoms with Crippen LogP contribution in [-0.4, -0.2) is 29.1 Å². The highest BCUT2D eigenvalue weighted by Gasteiger charge is 2.17. The number of methoxy groups -OCH3 is 1. The normalized spacial score (nSPS) is 12.8. The van der Waals surface area contributed by atoms with E-state index in [9.17, 15) is 4.79 Å². The Hall–Kier alpha value is -1.16. The van der Waals surface area contributed by atoms with Crippen molar-refractivity contribution in [3.05, 3.63) is 17.7 Å². The van der Waals surface area contributed by atoms with E-state index in [4.69, 9.17) is 4.74 Å². The quantitative estimate of drug-likeness (QED) is 0.696. The van der Waals surface area contributed by atoms with Gasteiger partial charge in [-0.05, 0) is 13.3 Å². The Morgan fingerprint density at radius 2 is 2.31 bits per heavy atom. The van der Waals surface area contributed by atoms with E-state index in [1.807, 2.05) is 11.5 Å². The van der Waals surface area contributed by atoms with Crippen molar-refractivity contribution < 1.29 is 9.53 Å². The first-order chi connectivity index (χ1) is 7.61. The highest BCUT2D eigenvalue weighted by molar-refractivity contribution is 5.92. The zero-order chi connectivity index (χ0) is 12.1. The zero-order valence-corrected chi connectivity index (χ0v) is 10.5. The van der Waals surface area contributed by atoms with Gasteiger partial charge in [0.25, 0.3) is 0 Å². The molecule has 90 valence electrons. The monoisotopic (exact) mass is 224 g/mol. The van der Waals surface area contributed by atoms with Gasteiger partial charge in [-0.2, -0.15) is 0 Å². The number of aromatic nitrogens is 2. The molecule has 0 saturated heterocycles. The van der Waals surface area contributed by atoms with Gasteiger partial charge in [-0.1, -0.05) is 6.92 Å². The fourth-order valence-electron chi connectivity index (χ4n) is 1.88. The van der Waals surface area contributed by atoms with Crippen LogP contribution < -0.4 is 0 Å². The molecule has 4 nitrogen and oxygen atoms in total. The topological polar surface area (TPSA) is 44.1 Å². The molecule has 0 bridgehead atoms. The number of hydrogen-bond acceptors (Lipinski definition) is 3. The maximum Gasteiger partial charge on any atom is 0.177 e. The number of imidazole rings is 1. The highest BCUT2D eigenvalue weighted by atomic mass is 16.5. The Balaban J connectivity index is 3.07. The smallest absolute Gasteiger partial charge is 0.177 e. The van der Waals surface area contributed by atoms with Gasteiger partial charge in [0.1, 0.15) is 11.5 Å². The third-order valence-electron chi connectivity index (χ3n) is 2.56. The van der Waals surface area contributed by atoms with Gasteiger partial charge in [0.15, 0.2) is 5.78 Å². The summed E-state index contributed by atoms with van der Waals surface area (Å²) in [5, 5.41) is 0. The molecule has 0 aromatic carbocycles. The van der Waals surface area contributed by atoms with Crippen LogP contribution in [0.25, 0.3) is 0 Å². The molecule has 1 aromatic rings. The number of Topliss-reactive ketones (excluding diaryl/α,β-unsaturated/α-hetero) is 1. The van der Waals surface area contributed by atoms with E-state index in [2.05, 4.69) is 11.9 Å². The Kier molecular flexibility index (Phi) is 4.68. The third kappa shape index (κ3) is 2.70. The molecule has 16 heavy (non-hydrogen) atoms. The van der Waals surface area contributed by atoms with E-state index >= 15 is 0 Å². The van der Waals surface area contributed by atoms with Crippen molar-refractivity contribution in [1.82, 2.24) is 9.55 Å². The van der Waals surface area contributed by atoms with E-state index in [-0.39, 0.29) is 11.8 Å². The van der Waals surface area contributed by atoms with Crippen LogP contribution in [0.4, 0.5) is 0 Å². The van der Waals surface area contributed by atoms with Crippen molar-refractivity contribution in [2.45, 2.75) is 39.7 Å². The molecule has 0 saturated carbocycles. The minimum absolute atomic E-state index is 0.0535. The fourth-order valence-corrected chi connectivity index (χ4v) is 1.88. The van der Waals surface area contributed by atoms with Gasteiger partial charge in [0.05, 0.1) is 18.8 Å². The summed E-state index contributed by atoms with van der Waals surface area (Å²) < 4.78 is 7.13. The Morgan fingerprint density at radius 3 is 2.81 bits per heavy atom. The maximum atomic E-state index is 11.5. The average molecular weight is 224 g/mol. The van der Waals surface area contributed by atoms with Crippen LogP contribution >= 0.6 is 0 Å². The molecule has 0 fully saturated rings. The van der Waals surface area contributed by atoms with Crippen molar-refractivity contribution in [2.75, 3.05) is 13.7 Å². The molecule has 1 rings (SSSR count). The molecule has 1 aromatic heterocycles. The number of aryl methyl sites for hydroxylation is 1. The lowest BCUT2D eigenvalue weighted by Crippen LogP contribution is -2.18. The molecule has 0 spiro atoms. The molecule has 0 amide bonds. The number of ketones is 1. The molecule has 0 radical (unpaired) electrons. The SMILES string of the molecule is CCCc1ncc(C(C)=O)n1C(C)COC. The Morgan fingerprint density at radius 1 is 1.62 bits per heavy atom. The molecule has 0 aliphatic carbocycles. The molecule has 1 atom stereocenters. The Bertz CT molecular complexity index is 358. The van der Waals surface area contributed by atoms with Crippen molar-refractivity contribution in [1.29, 1.82) is 0 Å². The number of ether oxygens (including phenoxy) is 1. The summed E-state index contributed by atoms with van der Waals surface area (Å²) in [7, 11) is 1.67. The van der Waals surface area contributed by atoms with Crippen LogP contribution in [0.5, 0.6) is 0 Å². The summed E-state index contributed by atoms with van der Waals surface area (Å²) in [6.07, 6.45) is 3.58. The van der Waals surface area contributed by atoms with Gasteiger partial charge in [-0.3, -0.25) is 4.79 Å². The molecule has 0 aliphatic rings. The first-order valence-corrected chi connectivity index (χ1v) is 5.67. The molecule has 0 N–H and O–H groups in total. The summed E-state index contributed by atoms with van der Waals surface area (Å²) in [5.74, 6) is 1.02. The lowest BCUT2D eigenvalue weighted by atomic mass is 10.2. The van der Waals surface area contributed by atoms with Gasteiger partial charge in [-0.25, -0.2) is 4.98 Å². The fraction of sp³-hybridized carbons (Fsp3) is 0.667. The summed E-state index contributed by atoms with van der Waals surface area (Å²) in [4.78, 5) is 15.8. The van der Waals surface area contributed by atoms with E-state index in [1.54, 1.807) is 20.2 Å². The van der Waals surface area contributed by atoms with Gasteiger partial charge < -0.3 is 9.30 Å². The molecule has 4 heteroatoms. The second-order valence-electron chi connectivity index (χ2n) is 4.04. The number of hydrogen-bond donors (Lipinski definition) is 0. The van der Waals surface area contributed by atoms with E-state index in [0.29, 0.717) is 12.3 Å². The van der Waals surface area contributed by atoms with Gasteiger partial charge in [-0.15, -0.1) is 0 Å². The van der Waals surface area contributed by atoms with Crippen molar-refractivity contribution >= 4 is 5.78 Å². The summed E-state index contributed by atoms with van der Waals surface area (Å²) in [6.45, 7) is 6.31. The van der Waals surface area contributed by atoms with E-state index in [0.717, 1.165) is 18.7 Å². The number of nitrogens with zero attached hydrogens (tertiary/aromatic N) is 2. The molecule has 1 unspecified atom stereocenters. The molecular weight excluding hydrogens is 204 g/mol. The highest BCUT2D eigenvalue weighted by Crippen LogP contribution is 2.16. The van der Waals surface area contributed by atoms with E-state index in [1.165, 1.54) is 0 Å². The van der Waals surface area contributed by atoms with Crippen LogP contribution in [0.15, 0.2) is 6.20 Å². The van der Waals surface area contributed by atoms with Gasteiger partial charge >= 0.3 is 0 Å². The molecular formula is C12H20N2O2. The second kappa shape index (κ2) is 5.80. The van der Waals surface area contributed by atoms with Crippen molar-refractivity contribution in [3.8, 4) is 0 Å². The predicted molar refractivity (Wildman–Crippen MR) is 62.8 cm³/mol. The number of carbonyl (C=O) groups is 1. The van der Waals surface area contributed by atoms with Crippen LogP contribution in [0.1, 0.15) is 49.5 Å². The zero-order valence-electron chi connectivity index (χ0n) is 10.5. The number of rotatable bonds is 6. The summed E-state index contributed by atoms with van der Waals surface area (Å²) >= 11 is 0. The number of carbonyl (C=O) groups excluding carboxylic acids is 1. The minimum Gasteiger partial charge on any atom is -0.383 e. The lowest BCUT2D eigenvalue weighted by Gasteiger charge is -2.17. The van der Waals surface area contributed by atoms with Gasteiger partial charge in [0.2, 0.25) is 0 Å². The first-order valence-electron chi connectivity index (χ1n) is 5.67.